The van der Waals surface area contributed by atoms with Crippen LogP contribution in [0.2, 0.25) is 10.0 Å². The van der Waals surface area contributed by atoms with Gasteiger partial charge in [-0.3, -0.25) is 14.4 Å². The summed E-state index contributed by atoms with van der Waals surface area (Å²) in [4.78, 5) is 45.0. The molecule has 1 atom stereocenters. The van der Waals surface area contributed by atoms with Gasteiger partial charge in [0, 0.05) is 54.9 Å². The number of aromatic nitrogens is 4. The molecule has 2 aromatic heterocycles. The average molecular weight is 608 g/mol. The summed E-state index contributed by atoms with van der Waals surface area (Å²) in [5.74, 6) is -0.178. The second kappa shape index (κ2) is 12.7. The normalized spacial score (nSPS) is 14.5. The van der Waals surface area contributed by atoms with Crippen molar-refractivity contribution in [3.63, 3.8) is 0 Å². The first-order valence-corrected chi connectivity index (χ1v) is 13.8. The molecule has 0 spiro atoms. The minimum Gasteiger partial charge on any atom is -0.481 e. The zero-order chi connectivity index (χ0) is 29.8. The van der Waals surface area contributed by atoms with Gasteiger partial charge >= 0.3 is 0 Å². The smallest absolute Gasteiger partial charge is 0.298 e. The lowest BCUT2D eigenvalue weighted by Crippen LogP contribution is -2.35. The Morgan fingerprint density at radius 3 is 2.55 bits per heavy atom. The zero-order valence-corrected chi connectivity index (χ0v) is 24.3. The number of hydrogen-bond donors (Lipinski definition) is 3. The lowest BCUT2D eigenvalue weighted by molar-refractivity contribution is -0.119. The van der Waals surface area contributed by atoms with E-state index in [1.807, 2.05) is 30.3 Å². The fourth-order valence-electron chi connectivity index (χ4n) is 4.68. The fourth-order valence-corrected chi connectivity index (χ4v) is 5.28. The van der Waals surface area contributed by atoms with E-state index < -0.39 is 11.5 Å². The summed E-state index contributed by atoms with van der Waals surface area (Å²) in [6.07, 6.45) is 2.50. The van der Waals surface area contributed by atoms with Gasteiger partial charge in [0.25, 0.3) is 11.5 Å². The highest BCUT2D eigenvalue weighted by Gasteiger charge is 2.21. The van der Waals surface area contributed by atoms with Gasteiger partial charge in [0.15, 0.2) is 5.69 Å². The second-order valence-corrected chi connectivity index (χ2v) is 10.4. The molecule has 4 aromatic rings. The van der Waals surface area contributed by atoms with E-state index in [4.69, 9.17) is 32.9 Å². The third kappa shape index (κ3) is 6.13. The predicted molar refractivity (Wildman–Crippen MR) is 160 cm³/mol. The van der Waals surface area contributed by atoms with Crippen LogP contribution in [0.3, 0.4) is 0 Å². The number of nitrogens with zero attached hydrogens (tertiary/aromatic N) is 4. The highest BCUT2D eigenvalue weighted by atomic mass is 35.5. The topological polar surface area (TPSA) is 140 Å². The van der Waals surface area contributed by atoms with Crippen molar-refractivity contribution in [3.8, 4) is 28.3 Å². The third-order valence-corrected chi connectivity index (χ3v) is 7.67. The second-order valence-electron chi connectivity index (χ2n) is 9.62. The number of halogens is 2. The first kappa shape index (κ1) is 29.2. The van der Waals surface area contributed by atoms with Crippen LogP contribution in [0.4, 0.5) is 5.69 Å². The number of aryl methyl sites for hydroxylation is 1. The Hall–Kier alpha value is -4.32. The lowest BCUT2D eigenvalue weighted by atomic mass is 10.00. The van der Waals surface area contributed by atoms with Crippen molar-refractivity contribution >= 4 is 40.7 Å². The van der Waals surface area contributed by atoms with Gasteiger partial charge in [-0.15, -0.1) is 0 Å². The molecule has 1 saturated heterocycles. The van der Waals surface area contributed by atoms with Crippen LogP contribution in [0.15, 0.2) is 59.7 Å². The maximum atomic E-state index is 12.8. The van der Waals surface area contributed by atoms with Crippen LogP contribution in [0.25, 0.3) is 22.4 Å². The van der Waals surface area contributed by atoms with Crippen molar-refractivity contribution in [2.24, 2.45) is 7.05 Å². The van der Waals surface area contributed by atoms with Crippen LogP contribution in [0, 0.1) is 0 Å². The van der Waals surface area contributed by atoms with Gasteiger partial charge in [-0.05, 0) is 18.6 Å². The van der Waals surface area contributed by atoms with Crippen LogP contribution < -0.4 is 26.2 Å². The average Bonchev–Trinajstić information content (AvgIpc) is 3.40. The lowest BCUT2D eigenvalue weighted by Gasteiger charge is -2.16. The Bertz CT molecular complexity index is 1730. The number of anilines is 1. The molecule has 0 saturated carbocycles. The summed E-state index contributed by atoms with van der Waals surface area (Å²) < 4.78 is 6.59. The number of methoxy groups -OCH3 is 1. The van der Waals surface area contributed by atoms with Crippen molar-refractivity contribution in [1.82, 2.24) is 30.4 Å². The molecule has 3 N–H and O–H groups in total. The van der Waals surface area contributed by atoms with E-state index in [1.165, 1.54) is 7.05 Å². The molecule has 1 aliphatic rings. The van der Waals surface area contributed by atoms with Crippen molar-refractivity contribution in [1.29, 1.82) is 0 Å². The Kier molecular flexibility index (Phi) is 8.81. The number of hydrogen-bond acceptors (Lipinski definition) is 8. The number of carbonyl (C=O) groups is 2. The number of nitrogens with one attached hydrogen (secondary N) is 3. The van der Waals surface area contributed by atoms with E-state index in [2.05, 4.69) is 26.0 Å². The van der Waals surface area contributed by atoms with E-state index in [9.17, 15) is 14.4 Å². The van der Waals surface area contributed by atoms with Crippen LogP contribution in [0.5, 0.6) is 5.88 Å². The highest BCUT2D eigenvalue weighted by molar-refractivity contribution is 6.39. The first-order chi connectivity index (χ1) is 20.3. The molecule has 1 aliphatic heterocycles. The summed E-state index contributed by atoms with van der Waals surface area (Å²) >= 11 is 13.6. The van der Waals surface area contributed by atoms with Gasteiger partial charge < -0.3 is 20.7 Å². The van der Waals surface area contributed by atoms with E-state index in [-0.39, 0.29) is 28.4 Å². The first-order valence-electron chi connectivity index (χ1n) is 13.1. The van der Waals surface area contributed by atoms with Crippen molar-refractivity contribution in [3.05, 3.63) is 86.5 Å². The maximum absolute atomic E-state index is 12.8. The number of amides is 2. The van der Waals surface area contributed by atoms with Gasteiger partial charge in [-0.2, -0.15) is 5.10 Å². The molecule has 2 aromatic carbocycles. The molecule has 3 heterocycles. The number of ether oxygens (including phenoxy) is 1. The molecule has 13 heteroatoms. The summed E-state index contributed by atoms with van der Waals surface area (Å²) in [7, 11) is 2.99. The number of pyridine rings is 1. The Balaban J connectivity index is 1.38. The molecular weight excluding hydrogens is 581 g/mol. The Morgan fingerprint density at radius 2 is 1.81 bits per heavy atom. The van der Waals surface area contributed by atoms with Gasteiger partial charge in [0.1, 0.15) is 6.33 Å². The van der Waals surface area contributed by atoms with Gasteiger partial charge in [-0.25, -0.2) is 14.6 Å². The number of rotatable bonds is 9. The number of carbonyl (C=O) groups excluding carboxylic acids is 2. The molecular formula is C29H27Cl2N7O4. The summed E-state index contributed by atoms with van der Waals surface area (Å²) in [6.45, 7) is 1.17. The largest absolute Gasteiger partial charge is 0.481 e. The molecule has 0 bridgehead atoms. The maximum Gasteiger partial charge on any atom is 0.298 e. The van der Waals surface area contributed by atoms with Crippen LogP contribution in [0.1, 0.15) is 28.9 Å². The molecule has 11 nitrogen and oxygen atoms in total. The zero-order valence-electron chi connectivity index (χ0n) is 22.8. The van der Waals surface area contributed by atoms with Crippen LogP contribution in [-0.4, -0.2) is 51.3 Å². The minimum atomic E-state index is -0.712. The quantitative estimate of drug-likeness (QED) is 0.261. The summed E-state index contributed by atoms with van der Waals surface area (Å²) in [5, 5.41) is 13.3. The van der Waals surface area contributed by atoms with Crippen LogP contribution >= 0.6 is 23.2 Å². The van der Waals surface area contributed by atoms with Gasteiger partial charge in [-0.1, -0.05) is 59.6 Å². The Labute approximate surface area is 251 Å². The van der Waals surface area contributed by atoms with Crippen molar-refractivity contribution in [2.45, 2.75) is 25.4 Å². The summed E-state index contributed by atoms with van der Waals surface area (Å²) in [5.41, 5.74) is 2.67. The van der Waals surface area contributed by atoms with Gasteiger partial charge in [0.2, 0.25) is 11.8 Å². The molecule has 0 aliphatic carbocycles. The molecule has 0 unspecified atom stereocenters. The van der Waals surface area contributed by atoms with E-state index >= 15 is 0 Å². The molecule has 216 valence electrons. The Morgan fingerprint density at radius 1 is 1.07 bits per heavy atom. The fraction of sp³-hybridized carbons (Fsp3) is 0.241. The SMILES string of the molecule is COc1nc(-c2cccc(-c3cccc(NC(=O)c4ncnn(C)c4=O)c3Cl)c2Cl)ccc1CNC[C@@H]1CCC(=O)N1. The molecule has 5 rings (SSSR count). The number of benzene rings is 2. The standard InChI is InChI=1S/C29H27Cl2N7O4/c1-38-29(41)26(33-15-34-38)27(40)36-22-8-4-6-19(25(22)31)18-5-3-7-20(24(18)30)21-11-9-16(28(37-21)42-2)13-32-14-17-10-12-23(39)35-17/h3-9,11,15,17,32H,10,12-14H2,1-2H3,(H,35,39)(H,36,40)/t17-/m0/s1. The molecule has 1 fully saturated rings. The molecule has 0 radical (unpaired) electrons. The van der Waals surface area contributed by atoms with E-state index in [0.29, 0.717) is 52.8 Å². The molecule has 42 heavy (non-hydrogen) atoms. The van der Waals surface area contributed by atoms with Crippen molar-refractivity contribution < 1.29 is 14.3 Å². The molecule has 2 amide bonds. The minimum absolute atomic E-state index is 0.0802. The predicted octanol–water partition coefficient (Wildman–Crippen LogP) is 3.84. The van der Waals surface area contributed by atoms with E-state index in [0.717, 1.165) is 23.0 Å². The van der Waals surface area contributed by atoms with E-state index in [1.54, 1.807) is 25.3 Å². The van der Waals surface area contributed by atoms with Gasteiger partial charge in [0.05, 0.1) is 28.5 Å². The third-order valence-electron chi connectivity index (χ3n) is 6.86. The monoisotopic (exact) mass is 607 g/mol. The van der Waals surface area contributed by atoms with Crippen molar-refractivity contribution in [2.75, 3.05) is 19.0 Å². The summed E-state index contributed by atoms with van der Waals surface area (Å²) in [6, 6.07) is 14.5. The van der Waals surface area contributed by atoms with Crippen LogP contribution in [-0.2, 0) is 18.4 Å². The highest BCUT2D eigenvalue weighted by Crippen LogP contribution is 2.41.